The van der Waals surface area contributed by atoms with E-state index in [-0.39, 0.29) is 5.69 Å². The third-order valence-corrected chi connectivity index (χ3v) is 3.29. The minimum atomic E-state index is -1.13. The van der Waals surface area contributed by atoms with Crippen molar-refractivity contribution in [1.82, 2.24) is 25.2 Å². The minimum Gasteiger partial charge on any atom is -0.394 e. The van der Waals surface area contributed by atoms with Gasteiger partial charge in [0.1, 0.15) is 24.4 Å². The van der Waals surface area contributed by atoms with Gasteiger partial charge in [0.25, 0.3) is 11.8 Å². The number of aliphatic hydroxyl groups excluding tert-OH is 1. The molecule has 3 N–H and O–H groups in total. The molecule has 1 unspecified atom stereocenters. The molecule has 2 amide bonds. The molecule has 1 aromatic carbocycles. The highest BCUT2D eigenvalue weighted by molar-refractivity contribution is 5.99. The van der Waals surface area contributed by atoms with Gasteiger partial charge in [0.2, 0.25) is 0 Å². The maximum atomic E-state index is 12.3. The average Bonchev–Trinajstić information content (AvgIpc) is 3.11. The molecular formula is C15H14N6O3. The molecule has 0 aliphatic carbocycles. The Morgan fingerprint density at radius 3 is 2.62 bits per heavy atom. The van der Waals surface area contributed by atoms with Crippen molar-refractivity contribution in [3.8, 4) is 0 Å². The summed E-state index contributed by atoms with van der Waals surface area (Å²) in [4.78, 5) is 28.6. The quantitative estimate of drug-likeness (QED) is 0.591. The number of carbonyl (C=O) groups excluding carboxylic acids is 2. The Morgan fingerprint density at radius 2 is 1.88 bits per heavy atom. The van der Waals surface area contributed by atoms with Crippen molar-refractivity contribution in [2.75, 3.05) is 12.0 Å². The van der Waals surface area contributed by atoms with Gasteiger partial charge in [0.05, 0.1) is 12.1 Å². The number of fused-ring (bicyclic) bond motifs is 1. The molecular weight excluding hydrogens is 312 g/mol. The van der Waals surface area contributed by atoms with Crippen molar-refractivity contribution >= 4 is 22.7 Å². The SMILES string of the molecule is O=C(NC(CO)C(=O)Nn1cnnc1)c1ccc2ccccc2n1. The lowest BCUT2D eigenvalue weighted by atomic mass is 10.2. The number of hydrogen-bond donors (Lipinski definition) is 3. The van der Waals surface area contributed by atoms with Crippen molar-refractivity contribution in [3.05, 3.63) is 54.7 Å². The van der Waals surface area contributed by atoms with Crippen molar-refractivity contribution in [2.45, 2.75) is 6.04 Å². The van der Waals surface area contributed by atoms with E-state index in [1.165, 1.54) is 17.3 Å². The van der Waals surface area contributed by atoms with Crippen LogP contribution in [0.2, 0.25) is 0 Å². The number of nitrogens with zero attached hydrogens (tertiary/aromatic N) is 4. The zero-order valence-corrected chi connectivity index (χ0v) is 12.5. The molecule has 1 atom stereocenters. The molecule has 0 radical (unpaired) electrons. The zero-order valence-electron chi connectivity index (χ0n) is 12.5. The second kappa shape index (κ2) is 6.84. The van der Waals surface area contributed by atoms with Crippen LogP contribution in [0.3, 0.4) is 0 Å². The normalized spacial score (nSPS) is 11.9. The number of aliphatic hydroxyl groups is 1. The minimum absolute atomic E-state index is 0.157. The number of hydrogen-bond acceptors (Lipinski definition) is 6. The second-order valence-corrected chi connectivity index (χ2v) is 4.94. The van der Waals surface area contributed by atoms with Crippen LogP contribution in [0.5, 0.6) is 0 Å². The maximum Gasteiger partial charge on any atom is 0.270 e. The van der Waals surface area contributed by atoms with Gasteiger partial charge in [-0.15, -0.1) is 10.2 Å². The first-order valence-corrected chi connectivity index (χ1v) is 7.10. The van der Waals surface area contributed by atoms with Gasteiger partial charge in [-0.3, -0.25) is 15.0 Å². The molecule has 3 aromatic rings. The van der Waals surface area contributed by atoms with Gasteiger partial charge in [-0.05, 0) is 12.1 Å². The highest BCUT2D eigenvalue weighted by Gasteiger charge is 2.21. The molecule has 0 aliphatic rings. The van der Waals surface area contributed by atoms with Gasteiger partial charge in [0, 0.05) is 5.39 Å². The Hall–Kier alpha value is -3.33. The van der Waals surface area contributed by atoms with Crippen LogP contribution in [0.15, 0.2) is 49.1 Å². The highest BCUT2D eigenvalue weighted by atomic mass is 16.3. The molecule has 0 bridgehead atoms. The Bertz CT molecular complexity index is 865. The molecule has 0 aliphatic heterocycles. The first-order valence-electron chi connectivity index (χ1n) is 7.10. The maximum absolute atomic E-state index is 12.3. The summed E-state index contributed by atoms with van der Waals surface area (Å²) in [5.74, 6) is -1.16. The van der Waals surface area contributed by atoms with Gasteiger partial charge in [0.15, 0.2) is 0 Å². The van der Waals surface area contributed by atoms with Gasteiger partial charge in [-0.2, -0.15) is 0 Å². The van der Waals surface area contributed by atoms with Crippen LogP contribution in [0.25, 0.3) is 10.9 Å². The second-order valence-electron chi connectivity index (χ2n) is 4.94. The smallest absolute Gasteiger partial charge is 0.270 e. The van der Waals surface area contributed by atoms with Crippen LogP contribution in [0.4, 0.5) is 0 Å². The third kappa shape index (κ3) is 3.36. The number of aromatic nitrogens is 4. The summed E-state index contributed by atoms with van der Waals surface area (Å²) in [5.41, 5.74) is 3.24. The van der Waals surface area contributed by atoms with Crippen LogP contribution in [0, 0.1) is 0 Å². The van der Waals surface area contributed by atoms with Gasteiger partial charge in [-0.1, -0.05) is 24.3 Å². The molecule has 0 saturated heterocycles. The molecule has 122 valence electrons. The van der Waals surface area contributed by atoms with E-state index >= 15 is 0 Å². The van der Waals surface area contributed by atoms with Gasteiger partial charge >= 0.3 is 0 Å². The van der Waals surface area contributed by atoms with Crippen LogP contribution in [0.1, 0.15) is 10.5 Å². The summed E-state index contributed by atoms with van der Waals surface area (Å²) in [6.07, 6.45) is 2.55. The summed E-state index contributed by atoms with van der Waals surface area (Å²) >= 11 is 0. The fourth-order valence-corrected chi connectivity index (χ4v) is 2.08. The first-order chi connectivity index (χ1) is 11.7. The molecule has 2 heterocycles. The van der Waals surface area contributed by atoms with E-state index in [2.05, 4.69) is 25.9 Å². The number of benzene rings is 1. The topological polar surface area (TPSA) is 122 Å². The van der Waals surface area contributed by atoms with E-state index in [1.54, 1.807) is 18.2 Å². The van der Waals surface area contributed by atoms with Crippen molar-refractivity contribution in [1.29, 1.82) is 0 Å². The Kier molecular flexibility index (Phi) is 4.43. The number of amides is 2. The largest absolute Gasteiger partial charge is 0.394 e. The fraction of sp³-hybridized carbons (Fsp3) is 0.133. The highest BCUT2D eigenvalue weighted by Crippen LogP contribution is 2.11. The van der Waals surface area contributed by atoms with E-state index < -0.39 is 24.5 Å². The summed E-state index contributed by atoms with van der Waals surface area (Å²) in [7, 11) is 0. The third-order valence-electron chi connectivity index (χ3n) is 3.29. The molecule has 0 spiro atoms. The lowest BCUT2D eigenvalue weighted by Gasteiger charge is -2.16. The van der Waals surface area contributed by atoms with E-state index in [4.69, 9.17) is 0 Å². The van der Waals surface area contributed by atoms with E-state index in [1.807, 2.05) is 18.2 Å². The Morgan fingerprint density at radius 1 is 1.12 bits per heavy atom. The lowest BCUT2D eigenvalue weighted by Crippen LogP contribution is -2.48. The first kappa shape index (κ1) is 15.6. The monoisotopic (exact) mass is 326 g/mol. The zero-order chi connectivity index (χ0) is 16.9. The summed E-state index contributed by atoms with van der Waals surface area (Å²) in [6, 6.07) is 9.56. The standard InChI is InChI=1S/C15H14N6O3/c22-7-13(15(24)20-21-8-16-17-9-21)19-14(23)12-6-5-10-3-1-2-4-11(10)18-12/h1-6,8-9,13,22H,7H2,(H,19,23)(H,20,24). The number of pyridine rings is 1. The Labute approximate surface area is 136 Å². The van der Waals surface area contributed by atoms with Crippen molar-refractivity contribution in [2.24, 2.45) is 0 Å². The van der Waals surface area contributed by atoms with E-state index in [0.29, 0.717) is 5.52 Å². The fourth-order valence-electron chi connectivity index (χ4n) is 2.08. The molecule has 24 heavy (non-hydrogen) atoms. The van der Waals surface area contributed by atoms with Crippen LogP contribution >= 0.6 is 0 Å². The number of para-hydroxylation sites is 1. The van der Waals surface area contributed by atoms with E-state index in [0.717, 1.165) is 5.39 Å². The number of nitrogens with one attached hydrogen (secondary N) is 2. The summed E-state index contributed by atoms with van der Waals surface area (Å²) in [6.45, 7) is -0.562. The molecule has 2 aromatic heterocycles. The van der Waals surface area contributed by atoms with Crippen LogP contribution < -0.4 is 10.7 Å². The van der Waals surface area contributed by atoms with Gasteiger partial charge in [-0.25, -0.2) is 9.66 Å². The van der Waals surface area contributed by atoms with Crippen LogP contribution in [-0.4, -0.2) is 49.4 Å². The van der Waals surface area contributed by atoms with E-state index in [9.17, 15) is 14.7 Å². The molecule has 9 heteroatoms. The molecule has 3 rings (SSSR count). The summed E-state index contributed by atoms with van der Waals surface area (Å²) in [5, 5.41) is 19.8. The predicted octanol–water partition coefficient (Wildman–Crippen LogP) is -0.313. The predicted molar refractivity (Wildman–Crippen MR) is 84.5 cm³/mol. The summed E-state index contributed by atoms with van der Waals surface area (Å²) < 4.78 is 1.21. The van der Waals surface area contributed by atoms with Crippen LogP contribution in [-0.2, 0) is 4.79 Å². The van der Waals surface area contributed by atoms with Crippen molar-refractivity contribution < 1.29 is 14.7 Å². The van der Waals surface area contributed by atoms with Crippen molar-refractivity contribution in [3.63, 3.8) is 0 Å². The molecule has 0 fully saturated rings. The number of rotatable bonds is 5. The number of carbonyl (C=O) groups is 2. The average molecular weight is 326 g/mol. The van der Waals surface area contributed by atoms with Gasteiger partial charge < -0.3 is 10.4 Å². The molecule has 9 nitrogen and oxygen atoms in total. The lowest BCUT2D eigenvalue weighted by molar-refractivity contribution is -0.119. The Balaban J connectivity index is 1.72. The molecule has 0 saturated carbocycles.